The average molecular weight is 229 g/mol. The molecular weight excluding hydrogens is 210 g/mol. The second-order valence-electron chi connectivity index (χ2n) is 4.42. The maximum absolute atomic E-state index is 6.01. The maximum Gasteiger partial charge on any atom is 0.115 e. The van der Waals surface area contributed by atoms with Gasteiger partial charge in [0.15, 0.2) is 0 Å². The third-order valence-electron chi connectivity index (χ3n) is 2.82. The van der Waals surface area contributed by atoms with Gasteiger partial charge < -0.3 is 5.73 Å². The van der Waals surface area contributed by atoms with Crippen molar-refractivity contribution < 1.29 is 0 Å². The Morgan fingerprint density at radius 2 is 2.18 bits per heavy atom. The number of nitrogens with zero attached hydrogens (tertiary/aromatic N) is 2. The monoisotopic (exact) mass is 229 g/mol. The molecule has 0 saturated heterocycles. The first-order valence-corrected chi connectivity index (χ1v) is 6.10. The van der Waals surface area contributed by atoms with Gasteiger partial charge in [0.05, 0.1) is 5.69 Å². The number of aryl methyl sites for hydroxylation is 2. The number of rotatable bonds is 4. The molecule has 0 bridgehead atoms. The van der Waals surface area contributed by atoms with Crippen molar-refractivity contribution in [2.75, 3.05) is 5.73 Å². The predicted molar refractivity (Wildman–Crippen MR) is 71.7 cm³/mol. The fraction of sp³-hybridized carbons (Fsp3) is 0.357. The van der Waals surface area contributed by atoms with Gasteiger partial charge in [-0.1, -0.05) is 37.1 Å². The summed E-state index contributed by atoms with van der Waals surface area (Å²) in [4.78, 5) is 0. The SMILES string of the molecule is CCCCn1cc(N)c(-c2cccc(C)c2)n1. The van der Waals surface area contributed by atoms with Gasteiger partial charge in [0, 0.05) is 18.3 Å². The summed E-state index contributed by atoms with van der Waals surface area (Å²) >= 11 is 0. The maximum atomic E-state index is 6.01. The van der Waals surface area contributed by atoms with E-state index in [9.17, 15) is 0 Å². The molecule has 0 amide bonds. The lowest BCUT2D eigenvalue weighted by Gasteiger charge is -2.00. The number of aromatic nitrogens is 2. The van der Waals surface area contributed by atoms with Gasteiger partial charge in [-0.2, -0.15) is 5.10 Å². The van der Waals surface area contributed by atoms with E-state index in [4.69, 9.17) is 5.73 Å². The molecule has 0 aliphatic carbocycles. The summed E-state index contributed by atoms with van der Waals surface area (Å²) in [6.45, 7) is 5.19. The zero-order chi connectivity index (χ0) is 12.3. The van der Waals surface area contributed by atoms with E-state index in [0.29, 0.717) is 0 Å². The fourth-order valence-electron chi connectivity index (χ4n) is 1.89. The van der Waals surface area contributed by atoms with Crippen LogP contribution in [0.2, 0.25) is 0 Å². The van der Waals surface area contributed by atoms with Crippen molar-refractivity contribution in [2.45, 2.75) is 33.2 Å². The van der Waals surface area contributed by atoms with Gasteiger partial charge in [0.25, 0.3) is 0 Å². The molecule has 0 aliphatic heterocycles. The standard InChI is InChI=1S/C14H19N3/c1-3-4-8-17-10-13(15)14(16-17)12-7-5-6-11(2)9-12/h5-7,9-10H,3-4,8,15H2,1-2H3. The number of unbranched alkanes of at least 4 members (excludes halogenated alkanes) is 1. The molecule has 90 valence electrons. The molecule has 1 heterocycles. The Morgan fingerprint density at radius 1 is 1.35 bits per heavy atom. The molecule has 0 atom stereocenters. The normalized spacial score (nSPS) is 10.7. The number of nitrogen functional groups attached to an aromatic ring is 1. The van der Waals surface area contributed by atoms with Gasteiger partial charge in [-0.15, -0.1) is 0 Å². The highest BCUT2D eigenvalue weighted by Gasteiger charge is 2.08. The Labute approximate surface area is 102 Å². The number of hydrogen-bond donors (Lipinski definition) is 1. The lowest BCUT2D eigenvalue weighted by atomic mass is 10.1. The van der Waals surface area contributed by atoms with Crippen molar-refractivity contribution in [3.8, 4) is 11.3 Å². The van der Waals surface area contributed by atoms with Gasteiger partial charge in [0.1, 0.15) is 5.69 Å². The van der Waals surface area contributed by atoms with Crippen molar-refractivity contribution >= 4 is 5.69 Å². The summed E-state index contributed by atoms with van der Waals surface area (Å²) in [6.07, 6.45) is 4.22. The first-order chi connectivity index (χ1) is 8.20. The van der Waals surface area contributed by atoms with Gasteiger partial charge >= 0.3 is 0 Å². The van der Waals surface area contributed by atoms with Crippen LogP contribution in [0.5, 0.6) is 0 Å². The average Bonchev–Trinajstić information content (AvgIpc) is 2.68. The van der Waals surface area contributed by atoms with Gasteiger partial charge in [0.2, 0.25) is 0 Å². The largest absolute Gasteiger partial charge is 0.396 e. The molecule has 0 fully saturated rings. The van der Waals surface area contributed by atoms with E-state index in [1.807, 2.05) is 16.9 Å². The van der Waals surface area contributed by atoms with Gasteiger partial charge in [-0.3, -0.25) is 4.68 Å². The smallest absolute Gasteiger partial charge is 0.115 e. The lowest BCUT2D eigenvalue weighted by molar-refractivity contribution is 0.573. The fourth-order valence-corrected chi connectivity index (χ4v) is 1.89. The molecule has 3 heteroatoms. The van der Waals surface area contributed by atoms with Gasteiger partial charge in [-0.05, 0) is 19.4 Å². The first kappa shape index (κ1) is 11.7. The Bertz CT molecular complexity index is 500. The predicted octanol–water partition coefficient (Wildman–Crippen LogP) is 3.24. The number of benzene rings is 1. The number of nitrogens with two attached hydrogens (primary N) is 1. The van der Waals surface area contributed by atoms with Crippen LogP contribution < -0.4 is 5.73 Å². The third-order valence-corrected chi connectivity index (χ3v) is 2.82. The van der Waals surface area contributed by atoms with Crippen LogP contribution in [0.15, 0.2) is 30.5 Å². The minimum absolute atomic E-state index is 0.756. The molecule has 0 unspecified atom stereocenters. The van der Waals surface area contributed by atoms with Crippen LogP contribution >= 0.6 is 0 Å². The minimum atomic E-state index is 0.756. The quantitative estimate of drug-likeness (QED) is 0.874. The number of anilines is 1. The van der Waals surface area contributed by atoms with Crippen molar-refractivity contribution in [3.63, 3.8) is 0 Å². The molecule has 0 saturated carbocycles. The molecule has 3 nitrogen and oxygen atoms in total. The minimum Gasteiger partial charge on any atom is -0.396 e. The van der Waals surface area contributed by atoms with E-state index in [1.54, 1.807) is 0 Å². The molecule has 0 spiro atoms. The highest BCUT2D eigenvalue weighted by Crippen LogP contribution is 2.24. The highest BCUT2D eigenvalue weighted by atomic mass is 15.3. The Kier molecular flexibility index (Phi) is 3.47. The second kappa shape index (κ2) is 5.04. The lowest BCUT2D eigenvalue weighted by Crippen LogP contribution is -1.97. The summed E-state index contributed by atoms with van der Waals surface area (Å²) in [5.41, 5.74) is 9.98. The highest BCUT2D eigenvalue weighted by molar-refractivity contribution is 5.72. The van der Waals surface area contributed by atoms with Crippen molar-refractivity contribution in [2.24, 2.45) is 0 Å². The molecule has 0 aliphatic rings. The molecule has 17 heavy (non-hydrogen) atoms. The molecule has 1 aromatic heterocycles. The van der Waals surface area contributed by atoms with E-state index in [2.05, 4.69) is 37.1 Å². The van der Waals surface area contributed by atoms with Crippen LogP contribution in [0.25, 0.3) is 11.3 Å². The molecule has 2 rings (SSSR count). The summed E-state index contributed by atoms with van der Waals surface area (Å²) in [5, 5.41) is 4.55. The van der Waals surface area contributed by atoms with Gasteiger partial charge in [-0.25, -0.2) is 0 Å². The third kappa shape index (κ3) is 2.67. The van der Waals surface area contributed by atoms with Crippen LogP contribution in [-0.2, 0) is 6.54 Å². The van der Waals surface area contributed by atoms with E-state index in [1.165, 1.54) is 12.0 Å². The van der Waals surface area contributed by atoms with E-state index < -0.39 is 0 Å². The zero-order valence-corrected chi connectivity index (χ0v) is 10.5. The van der Waals surface area contributed by atoms with Crippen molar-refractivity contribution in [1.29, 1.82) is 0 Å². The molecular formula is C14H19N3. The van der Waals surface area contributed by atoms with E-state index in [-0.39, 0.29) is 0 Å². The van der Waals surface area contributed by atoms with E-state index >= 15 is 0 Å². The summed E-state index contributed by atoms with van der Waals surface area (Å²) in [6, 6.07) is 8.28. The van der Waals surface area contributed by atoms with Crippen LogP contribution in [-0.4, -0.2) is 9.78 Å². The molecule has 1 aromatic carbocycles. The Hall–Kier alpha value is -1.77. The topological polar surface area (TPSA) is 43.8 Å². The second-order valence-corrected chi connectivity index (χ2v) is 4.42. The summed E-state index contributed by atoms with van der Waals surface area (Å²) < 4.78 is 1.94. The number of hydrogen-bond acceptors (Lipinski definition) is 2. The Morgan fingerprint density at radius 3 is 2.88 bits per heavy atom. The van der Waals surface area contributed by atoms with E-state index in [0.717, 1.165) is 29.9 Å². The first-order valence-electron chi connectivity index (χ1n) is 6.10. The zero-order valence-electron chi connectivity index (χ0n) is 10.5. The summed E-state index contributed by atoms with van der Waals surface area (Å²) in [7, 11) is 0. The van der Waals surface area contributed by atoms with Crippen molar-refractivity contribution in [1.82, 2.24) is 9.78 Å². The van der Waals surface area contributed by atoms with Crippen LogP contribution in [0.3, 0.4) is 0 Å². The van der Waals surface area contributed by atoms with Crippen molar-refractivity contribution in [3.05, 3.63) is 36.0 Å². The van der Waals surface area contributed by atoms with Crippen LogP contribution in [0, 0.1) is 6.92 Å². The van der Waals surface area contributed by atoms with Crippen LogP contribution in [0.4, 0.5) is 5.69 Å². The summed E-state index contributed by atoms with van der Waals surface area (Å²) in [5.74, 6) is 0. The molecule has 2 aromatic rings. The molecule has 2 N–H and O–H groups in total. The Balaban J connectivity index is 2.29. The van der Waals surface area contributed by atoms with Crippen LogP contribution in [0.1, 0.15) is 25.3 Å². The molecule has 0 radical (unpaired) electrons.